The van der Waals surface area contributed by atoms with E-state index in [0.29, 0.717) is 6.04 Å². The Balaban J connectivity index is 2.71. The van der Waals surface area contributed by atoms with Gasteiger partial charge in [-0.1, -0.05) is 0 Å². The molecule has 0 bridgehead atoms. The summed E-state index contributed by atoms with van der Waals surface area (Å²) in [4.78, 5) is 15.5. The zero-order valence-corrected chi connectivity index (χ0v) is 11.6. The first-order valence-corrected chi connectivity index (χ1v) is 6.48. The van der Waals surface area contributed by atoms with Gasteiger partial charge in [-0.3, -0.25) is 9.69 Å². The first-order chi connectivity index (χ1) is 7.80. The van der Waals surface area contributed by atoms with Gasteiger partial charge in [0.15, 0.2) is 0 Å². The van der Waals surface area contributed by atoms with Gasteiger partial charge in [0.1, 0.15) is 0 Å². The second kappa shape index (κ2) is 5.83. The van der Waals surface area contributed by atoms with Gasteiger partial charge >= 0.3 is 5.97 Å². The van der Waals surface area contributed by atoms with Crippen molar-refractivity contribution in [2.45, 2.75) is 51.6 Å². The molecule has 0 saturated carbocycles. The highest BCUT2D eigenvalue weighted by atomic mass is 16.4. The van der Waals surface area contributed by atoms with Gasteiger partial charge < -0.3 is 10.0 Å². The van der Waals surface area contributed by atoms with Crippen molar-refractivity contribution in [3.63, 3.8) is 0 Å². The number of rotatable bonds is 3. The van der Waals surface area contributed by atoms with Crippen LogP contribution < -0.4 is 0 Å². The molecule has 0 aliphatic carbocycles. The van der Waals surface area contributed by atoms with E-state index in [9.17, 15) is 4.79 Å². The van der Waals surface area contributed by atoms with Gasteiger partial charge in [0, 0.05) is 31.1 Å². The van der Waals surface area contributed by atoms with Crippen LogP contribution in [0.1, 0.15) is 40.0 Å². The van der Waals surface area contributed by atoms with Crippen LogP contribution in [0.25, 0.3) is 0 Å². The number of likely N-dealkylation sites (N-methyl/N-ethyl adjacent to an activating group) is 1. The molecule has 0 aromatic carbocycles. The molecule has 1 heterocycles. The van der Waals surface area contributed by atoms with E-state index in [1.54, 1.807) is 0 Å². The van der Waals surface area contributed by atoms with Crippen molar-refractivity contribution in [2.24, 2.45) is 0 Å². The Morgan fingerprint density at radius 1 is 1.35 bits per heavy atom. The van der Waals surface area contributed by atoms with Crippen LogP contribution in [0.15, 0.2) is 0 Å². The Morgan fingerprint density at radius 3 is 2.53 bits per heavy atom. The van der Waals surface area contributed by atoms with E-state index in [1.165, 1.54) is 0 Å². The van der Waals surface area contributed by atoms with Crippen LogP contribution in [0, 0.1) is 0 Å². The zero-order valence-electron chi connectivity index (χ0n) is 11.6. The summed E-state index contributed by atoms with van der Waals surface area (Å²) in [5.74, 6) is -0.689. The molecule has 0 spiro atoms. The van der Waals surface area contributed by atoms with Crippen LogP contribution in [0.4, 0.5) is 0 Å². The number of hydrogen-bond acceptors (Lipinski definition) is 3. The molecule has 0 aromatic heterocycles. The van der Waals surface area contributed by atoms with E-state index in [1.807, 2.05) is 0 Å². The first kappa shape index (κ1) is 14.5. The largest absolute Gasteiger partial charge is 0.481 e. The third-order valence-corrected chi connectivity index (χ3v) is 3.46. The van der Waals surface area contributed by atoms with Crippen molar-refractivity contribution in [3.05, 3.63) is 0 Å². The molecule has 1 N–H and O–H groups in total. The number of nitrogens with zero attached hydrogens (tertiary/aromatic N) is 2. The van der Waals surface area contributed by atoms with Crippen molar-refractivity contribution in [2.75, 3.05) is 26.7 Å². The SMILES string of the molecule is CN1CCCN(C(C)(C)C)C(CCC(=O)O)C1. The van der Waals surface area contributed by atoms with E-state index in [-0.39, 0.29) is 12.0 Å². The lowest BCUT2D eigenvalue weighted by molar-refractivity contribution is -0.137. The van der Waals surface area contributed by atoms with Crippen LogP contribution in [0.5, 0.6) is 0 Å². The summed E-state index contributed by atoms with van der Waals surface area (Å²) in [6, 6.07) is 0.360. The Hall–Kier alpha value is -0.610. The van der Waals surface area contributed by atoms with E-state index < -0.39 is 5.97 Å². The zero-order chi connectivity index (χ0) is 13.1. The van der Waals surface area contributed by atoms with Crippen LogP contribution in [0.2, 0.25) is 0 Å². The molecule has 1 aliphatic rings. The lowest BCUT2D eigenvalue weighted by Gasteiger charge is -2.41. The minimum absolute atomic E-state index is 0.119. The fourth-order valence-electron chi connectivity index (χ4n) is 2.66. The first-order valence-electron chi connectivity index (χ1n) is 6.48. The Kier molecular flexibility index (Phi) is 4.95. The third-order valence-electron chi connectivity index (χ3n) is 3.46. The molecule has 0 amide bonds. The van der Waals surface area contributed by atoms with Crippen molar-refractivity contribution in [1.29, 1.82) is 0 Å². The maximum Gasteiger partial charge on any atom is 0.303 e. The number of aliphatic carboxylic acids is 1. The summed E-state index contributed by atoms with van der Waals surface area (Å²) in [7, 11) is 2.12. The molecule has 4 nitrogen and oxygen atoms in total. The van der Waals surface area contributed by atoms with Crippen molar-refractivity contribution >= 4 is 5.97 Å². The average Bonchev–Trinajstić information content (AvgIpc) is 2.35. The maximum atomic E-state index is 10.7. The molecule has 0 radical (unpaired) electrons. The Labute approximate surface area is 105 Å². The van der Waals surface area contributed by atoms with Crippen LogP contribution in [-0.2, 0) is 4.79 Å². The summed E-state index contributed by atoms with van der Waals surface area (Å²) >= 11 is 0. The van der Waals surface area contributed by atoms with Crippen molar-refractivity contribution < 1.29 is 9.90 Å². The van der Waals surface area contributed by atoms with E-state index >= 15 is 0 Å². The van der Waals surface area contributed by atoms with Crippen molar-refractivity contribution in [3.8, 4) is 0 Å². The quantitative estimate of drug-likeness (QED) is 0.817. The summed E-state index contributed by atoms with van der Waals surface area (Å²) in [6.07, 6.45) is 2.18. The average molecular weight is 242 g/mol. The van der Waals surface area contributed by atoms with E-state index in [0.717, 1.165) is 32.5 Å². The standard InChI is InChI=1S/C13H26N2O2/c1-13(2,3)15-9-5-8-14(4)10-11(15)6-7-12(16)17/h11H,5-10H2,1-4H3,(H,16,17). The van der Waals surface area contributed by atoms with Crippen molar-refractivity contribution in [1.82, 2.24) is 9.80 Å². The molecule has 1 aliphatic heterocycles. The molecule has 100 valence electrons. The second-order valence-electron chi connectivity index (χ2n) is 6.07. The molecule has 0 aromatic rings. The fraction of sp³-hybridized carbons (Fsp3) is 0.923. The minimum Gasteiger partial charge on any atom is -0.481 e. The Bertz CT molecular complexity index is 261. The van der Waals surface area contributed by atoms with Gasteiger partial charge in [-0.15, -0.1) is 0 Å². The molecule has 1 unspecified atom stereocenters. The Morgan fingerprint density at radius 2 is 2.00 bits per heavy atom. The molecule has 4 heteroatoms. The lowest BCUT2D eigenvalue weighted by Crippen LogP contribution is -2.50. The second-order valence-corrected chi connectivity index (χ2v) is 6.07. The van der Waals surface area contributed by atoms with Gasteiger partial charge in [-0.25, -0.2) is 0 Å². The maximum absolute atomic E-state index is 10.7. The highest BCUT2D eigenvalue weighted by Crippen LogP contribution is 2.23. The molecule has 1 saturated heterocycles. The normalized spacial score (nSPS) is 24.6. The number of carboxylic acids is 1. The predicted molar refractivity (Wildman–Crippen MR) is 69.2 cm³/mol. The van der Waals surface area contributed by atoms with E-state index in [4.69, 9.17) is 5.11 Å². The van der Waals surface area contributed by atoms with Crippen LogP contribution >= 0.6 is 0 Å². The summed E-state index contributed by atoms with van der Waals surface area (Å²) in [5.41, 5.74) is 0.119. The topological polar surface area (TPSA) is 43.8 Å². The molecule has 1 atom stereocenters. The van der Waals surface area contributed by atoms with Gasteiger partial charge in [-0.2, -0.15) is 0 Å². The molecular formula is C13H26N2O2. The van der Waals surface area contributed by atoms with Gasteiger partial charge in [0.25, 0.3) is 0 Å². The van der Waals surface area contributed by atoms with Crippen LogP contribution in [0.3, 0.4) is 0 Å². The predicted octanol–water partition coefficient (Wildman–Crippen LogP) is 1.66. The summed E-state index contributed by atoms with van der Waals surface area (Å²) in [6.45, 7) is 9.79. The monoisotopic (exact) mass is 242 g/mol. The molecular weight excluding hydrogens is 216 g/mol. The highest BCUT2D eigenvalue weighted by Gasteiger charge is 2.31. The minimum atomic E-state index is -0.689. The molecule has 17 heavy (non-hydrogen) atoms. The number of carbonyl (C=O) groups is 1. The summed E-state index contributed by atoms with van der Waals surface area (Å²) in [5, 5.41) is 8.84. The number of hydrogen-bond donors (Lipinski definition) is 1. The number of carboxylic acid groups (broad SMARTS) is 1. The molecule has 1 fully saturated rings. The van der Waals surface area contributed by atoms with E-state index in [2.05, 4.69) is 37.6 Å². The van der Waals surface area contributed by atoms with Gasteiger partial charge in [0.05, 0.1) is 0 Å². The van der Waals surface area contributed by atoms with Gasteiger partial charge in [0.2, 0.25) is 0 Å². The third kappa shape index (κ3) is 4.64. The smallest absolute Gasteiger partial charge is 0.303 e. The lowest BCUT2D eigenvalue weighted by atomic mass is 10.00. The highest BCUT2D eigenvalue weighted by molar-refractivity contribution is 5.66. The van der Waals surface area contributed by atoms with Crippen LogP contribution in [-0.4, -0.2) is 59.1 Å². The fourth-order valence-corrected chi connectivity index (χ4v) is 2.66. The molecule has 1 rings (SSSR count). The summed E-state index contributed by atoms with van der Waals surface area (Å²) < 4.78 is 0. The van der Waals surface area contributed by atoms with Gasteiger partial charge in [-0.05, 0) is 47.2 Å².